The SMILES string of the molecule is CCC[C@H](NCc1cn(C)c2ccccc12)c1ccccc1. The van der Waals surface area contributed by atoms with Crippen LogP contribution in [0.1, 0.15) is 36.9 Å². The standard InChI is InChI=1S/C20H24N2/c1-3-9-19(16-10-5-4-6-11-16)21-14-17-15-22(2)20-13-8-7-12-18(17)20/h4-8,10-13,15,19,21H,3,9,14H2,1-2H3/t19-/m0/s1. The molecule has 3 rings (SSSR count). The van der Waals surface area contributed by atoms with Gasteiger partial charge in [-0.05, 0) is 23.6 Å². The van der Waals surface area contributed by atoms with Crippen molar-refractivity contribution in [3.63, 3.8) is 0 Å². The van der Waals surface area contributed by atoms with Crippen molar-refractivity contribution in [1.82, 2.24) is 9.88 Å². The van der Waals surface area contributed by atoms with Gasteiger partial charge in [0.1, 0.15) is 0 Å². The van der Waals surface area contributed by atoms with E-state index in [1.807, 2.05) is 0 Å². The summed E-state index contributed by atoms with van der Waals surface area (Å²) >= 11 is 0. The van der Waals surface area contributed by atoms with Crippen molar-refractivity contribution in [1.29, 1.82) is 0 Å². The zero-order valence-corrected chi connectivity index (χ0v) is 13.4. The van der Waals surface area contributed by atoms with Gasteiger partial charge in [0.2, 0.25) is 0 Å². The summed E-state index contributed by atoms with van der Waals surface area (Å²) in [6, 6.07) is 19.8. The molecule has 2 heteroatoms. The quantitative estimate of drug-likeness (QED) is 0.690. The second kappa shape index (κ2) is 6.80. The predicted molar refractivity (Wildman–Crippen MR) is 93.8 cm³/mol. The van der Waals surface area contributed by atoms with Gasteiger partial charge in [-0.25, -0.2) is 0 Å². The van der Waals surface area contributed by atoms with E-state index in [1.54, 1.807) is 0 Å². The minimum Gasteiger partial charge on any atom is -0.350 e. The van der Waals surface area contributed by atoms with E-state index in [0.29, 0.717) is 6.04 Å². The maximum absolute atomic E-state index is 3.75. The van der Waals surface area contributed by atoms with Gasteiger partial charge in [0.05, 0.1) is 0 Å². The largest absolute Gasteiger partial charge is 0.350 e. The number of aromatic nitrogens is 1. The molecule has 1 heterocycles. The molecule has 0 radical (unpaired) electrons. The van der Waals surface area contributed by atoms with Gasteiger partial charge in [-0.15, -0.1) is 0 Å². The Balaban J connectivity index is 1.79. The number of hydrogen-bond acceptors (Lipinski definition) is 1. The average molecular weight is 292 g/mol. The van der Waals surface area contributed by atoms with Crippen LogP contribution in [0.2, 0.25) is 0 Å². The second-order valence-electron chi connectivity index (χ2n) is 5.92. The highest BCUT2D eigenvalue weighted by atomic mass is 14.9. The van der Waals surface area contributed by atoms with Crippen molar-refractivity contribution in [2.45, 2.75) is 32.4 Å². The number of hydrogen-bond donors (Lipinski definition) is 1. The minimum absolute atomic E-state index is 0.421. The summed E-state index contributed by atoms with van der Waals surface area (Å²) < 4.78 is 2.21. The first-order chi connectivity index (χ1) is 10.8. The fraction of sp³-hybridized carbons (Fsp3) is 0.300. The van der Waals surface area contributed by atoms with Crippen LogP contribution in [0.15, 0.2) is 60.8 Å². The van der Waals surface area contributed by atoms with Gasteiger partial charge in [0.15, 0.2) is 0 Å². The van der Waals surface area contributed by atoms with Crippen LogP contribution in [0.25, 0.3) is 10.9 Å². The molecular weight excluding hydrogens is 268 g/mol. The third-order valence-electron chi connectivity index (χ3n) is 4.30. The molecule has 0 saturated carbocycles. The van der Waals surface area contributed by atoms with Gasteiger partial charge in [-0.2, -0.15) is 0 Å². The van der Waals surface area contributed by atoms with Gasteiger partial charge in [0, 0.05) is 36.7 Å². The Labute approximate surface area is 132 Å². The summed E-state index contributed by atoms with van der Waals surface area (Å²) in [5, 5.41) is 5.09. The molecule has 0 amide bonds. The fourth-order valence-corrected chi connectivity index (χ4v) is 3.16. The Morgan fingerprint density at radius 1 is 1.00 bits per heavy atom. The number of nitrogens with one attached hydrogen (secondary N) is 1. The number of rotatable bonds is 6. The van der Waals surface area contributed by atoms with E-state index in [-0.39, 0.29) is 0 Å². The number of benzene rings is 2. The molecule has 22 heavy (non-hydrogen) atoms. The van der Waals surface area contributed by atoms with Gasteiger partial charge in [-0.3, -0.25) is 0 Å². The van der Waals surface area contributed by atoms with E-state index in [4.69, 9.17) is 0 Å². The molecule has 0 aliphatic carbocycles. The van der Waals surface area contributed by atoms with Crippen LogP contribution in [0.3, 0.4) is 0 Å². The van der Waals surface area contributed by atoms with Crippen LogP contribution in [0.5, 0.6) is 0 Å². The van der Waals surface area contributed by atoms with Crippen molar-refractivity contribution >= 4 is 10.9 Å². The highest BCUT2D eigenvalue weighted by Gasteiger charge is 2.11. The number of para-hydroxylation sites is 1. The normalized spacial score (nSPS) is 12.6. The van der Waals surface area contributed by atoms with Gasteiger partial charge >= 0.3 is 0 Å². The second-order valence-corrected chi connectivity index (χ2v) is 5.92. The molecule has 0 aliphatic rings. The maximum Gasteiger partial charge on any atom is 0.0481 e. The smallest absolute Gasteiger partial charge is 0.0481 e. The lowest BCUT2D eigenvalue weighted by atomic mass is 10.0. The van der Waals surface area contributed by atoms with Crippen molar-refractivity contribution in [2.75, 3.05) is 0 Å². The first-order valence-electron chi connectivity index (χ1n) is 8.11. The molecule has 0 aliphatic heterocycles. The van der Waals surface area contributed by atoms with Gasteiger partial charge < -0.3 is 9.88 Å². The Morgan fingerprint density at radius 3 is 2.50 bits per heavy atom. The van der Waals surface area contributed by atoms with Crippen LogP contribution < -0.4 is 5.32 Å². The van der Waals surface area contributed by atoms with Crippen molar-refractivity contribution < 1.29 is 0 Å². The first-order valence-corrected chi connectivity index (χ1v) is 8.11. The van der Waals surface area contributed by atoms with E-state index < -0.39 is 0 Å². The molecule has 2 aromatic carbocycles. The van der Waals surface area contributed by atoms with E-state index >= 15 is 0 Å². The van der Waals surface area contributed by atoms with Gasteiger partial charge in [0.25, 0.3) is 0 Å². The summed E-state index contributed by atoms with van der Waals surface area (Å²) in [5.74, 6) is 0. The number of nitrogens with zero attached hydrogens (tertiary/aromatic N) is 1. The van der Waals surface area contributed by atoms with E-state index in [1.165, 1.54) is 28.5 Å². The summed E-state index contributed by atoms with van der Waals surface area (Å²) in [6.45, 7) is 3.15. The maximum atomic E-state index is 3.75. The number of aryl methyl sites for hydroxylation is 1. The summed E-state index contributed by atoms with van der Waals surface area (Å²) in [4.78, 5) is 0. The van der Waals surface area contributed by atoms with E-state index in [0.717, 1.165) is 13.0 Å². The molecule has 0 unspecified atom stereocenters. The molecular formula is C20H24N2. The lowest BCUT2D eigenvalue weighted by molar-refractivity contribution is 0.494. The Kier molecular flexibility index (Phi) is 4.59. The molecule has 0 fully saturated rings. The van der Waals surface area contributed by atoms with Crippen LogP contribution in [-0.2, 0) is 13.6 Å². The van der Waals surface area contributed by atoms with Crippen LogP contribution in [0.4, 0.5) is 0 Å². The zero-order valence-electron chi connectivity index (χ0n) is 13.4. The van der Waals surface area contributed by atoms with Crippen LogP contribution in [0, 0.1) is 0 Å². The van der Waals surface area contributed by atoms with Gasteiger partial charge in [-0.1, -0.05) is 61.9 Å². The zero-order chi connectivity index (χ0) is 15.4. The highest BCUT2D eigenvalue weighted by molar-refractivity contribution is 5.83. The van der Waals surface area contributed by atoms with E-state index in [9.17, 15) is 0 Å². The molecule has 2 nitrogen and oxygen atoms in total. The average Bonchev–Trinajstić information content (AvgIpc) is 2.89. The monoisotopic (exact) mass is 292 g/mol. The van der Waals surface area contributed by atoms with Crippen molar-refractivity contribution in [3.8, 4) is 0 Å². The molecule has 0 spiro atoms. The van der Waals surface area contributed by atoms with Crippen LogP contribution in [-0.4, -0.2) is 4.57 Å². The lowest BCUT2D eigenvalue weighted by Gasteiger charge is -2.18. The molecule has 3 aromatic rings. The molecule has 1 N–H and O–H groups in total. The topological polar surface area (TPSA) is 17.0 Å². The Hall–Kier alpha value is -2.06. The summed E-state index contributed by atoms with van der Waals surface area (Å²) in [6.07, 6.45) is 4.59. The molecule has 0 saturated heterocycles. The first kappa shape index (κ1) is 14.9. The Bertz CT molecular complexity index is 728. The molecule has 1 aromatic heterocycles. The third kappa shape index (κ3) is 3.07. The Morgan fingerprint density at radius 2 is 1.73 bits per heavy atom. The van der Waals surface area contributed by atoms with Crippen molar-refractivity contribution in [3.05, 3.63) is 71.9 Å². The summed E-state index contributed by atoms with van der Waals surface area (Å²) in [5.41, 5.74) is 4.05. The minimum atomic E-state index is 0.421. The fourth-order valence-electron chi connectivity index (χ4n) is 3.16. The summed E-state index contributed by atoms with van der Waals surface area (Å²) in [7, 11) is 2.12. The molecule has 1 atom stereocenters. The third-order valence-corrected chi connectivity index (χ3v) is 4.30. The highest BCUT2D eigenvalue weighted by Crippen LogP contribution is 2.23. The molecule has 0 bridgehead atoms. The van der Waals surface area contributed by atoms with Crippen molar-refractivity contribution in [2.24, 2.45) is 7.05 Å². The number of fused-ring (bicyclic) bond motifs is 1. The van der Waals surface area contributed by atoms with E-state index in [2.05, 4.69) is 84.6 Å². The predicted octanol–water partition coefficient (Wildman–Crippen LogP) is 4.81. The van der Waals surface area contributed by atoms with Crippen LogP contribution >= 0.6 is 0 Å². The molecule has 114 valence electrons. The lowest BCUT2D eigenvalue weighted by Crippen LogP contribution is -2.20.